The van der Waals surface area contributed by atoms with Gasteiger partial charge in [0.15, 0.2) is 0 Å². The lowest BCUT2D eigenvalue weighted by Crippen LogP contribution is -2.46. The van der Waals surface area contributed by atoms with Gasteiger partial charge in [-0.15, -0.1) is 0 Å². The largest absolute Gasteiger partial charge is 0.382 e. The fraction of sp³-hybridized carbons (Fsp3) is 0.500. The number of benzene rings is 1. The molecule has 7 nitrogen and oxygen atoms in total. The quantitative estimate of drug-likeness (QED) is 0.650. The number of nitro benzene ring substituents is 1. The van der Waals surface area contributed by atoms with Gasteiger partial charge in [0.05, 0.1) is 10.8 Å². The van der Waals surface area contributed by atoms with Crippen molar-refractivity contribution in [3.8, 4) is 0 Å². The van der Waals surface area contributed by atoms with Gasteiger partial charge in [0.1, 0.15) is 11.4 Å². The maximum Gasteiger partial charge on any atom is 0.315 e. The number of nitro groups is 1. The van der Waals surface area contributed by atoms with E-state index in [-0.39, 0.29) is 28.5 Å². The van der Waals surface area contributed by atoms with Crippen molar-refractivity contribution in [2.45, 2.75) is 25.8 Å². The van der Waals surface area contributed by atoms with Crippen molar-refractivity contribution in [2.75, 3.05) is 23.8 Å². The van der Waals surface area contributed by atoms with Crippen LogP contribution >= 0.6 is 0 Å². The number of rotatable bonds is 4. The second-order valence-corrected chi connectivity index (χ2v) is 5.36. The molecule has 0 aromatic heterocycles. The summed E-state index contributed by atoms with van der Waals surface area (Å²) in [7, 11) is 1.65. The summed E-state index contributed by atoms with van der Waals surface area (Å²) in [6.07, 6.45) is 1.51. The number of primary amides is 1. The van der Waals surface area contributed by atoms with E-state index >= 15 is 0 Å². The van der Waals surface area contributed by atoms with Crippen molar-refractivity contribution >= 4 is 23.0 Å². The number of nitrogens with one attached hydrogen (secondary N) is 1. The van der Waals surface area contributed by atoms with Gasteiger partial charge in [-0.25, -0.2) is 0 Å². The minimum Gasteiger partial charge on any atom is -0.382 e. The highest BCUT2D eigenvalue weighted by atomic mass is 16.6. The topological polar surface area (TPSA) is 102 Å². The molecule has 0 radical (unpaired) electrons. The maximum atomic E-state index is 11.4. The van der Waals surface area contributed by atoms with Gasteiger partial charge in [-0.2, -0.15) is 0 Å². The van der Waals surface area contributed by atoms with Crippen molar-refractivity contribution < 1.29 is 9.72 Å². The molecule has 1 aromatic carbocycles. The average molecular weight is 292 g/mol. The molecule has 0 bridgehead atoms. The number of hydrogen-bond donors (Lipinski definition) is 2. The fourth-order valence-corrected chi connectivity index (χ4v) is 2.83. The summed E-state index contributed by atoms with van der Waals surface area (Å²) in [6, 6.07) is 5.29. The first kappa shape index (κ1) is 15.1. The zero-order valence-electron chi connectivity index (χ0n) is 12.2. The molecule has 21 heavy (non-hydrogen) atoms. The van der Waals surface area contributed by atoms with E-state index in [4.69, 9.17) is 5.73 Å². The number of nitrogens with zero attached hydrogens (tertiary/aromatic N) is 2. The molecular formula is C14H20N4O3. The van der Waals surface area contributed by atoms with Crippen LogP contribution in [-0.4, -0.2) is 30.5 Å². The van der Waals surface area contributed by atoms with Crippen molar-refractivity contribution in [1.82, 2.24) is 0 Å². The summed E-state index contributed by atoms with van der Waals surface area (Å²) in [4.78, 5) is 24.4. The number of piperidine rings is 1. The monoisotopic (exact) mass is 292 g/mol. The molecule has 1 heterocycles. The van der Waals surface area contributed by atoms with Crippen LogP contribution in [0.5, 0.6) is 0 Å². The average Bonchev–Trinajstić information content (AvgIpc) is 2.46. The van der Waals surface area contributed by atoms with Crippen LogP contribution in [0.4, 0.5) is 17.1 Å². The summed E-state index contributed by atoms with van der Waals surface area (Å²) in [5.41, 5.74) is 6.43. The molecule has 0 saturated carbocycles. The number of anilines is 2. The van der Waals surface area contributed by atoms with Crippen molar-refractivity contribution in [1.29, 1.82) is 0 Å². The van der Waals surface area contributed by atoms with E-state index in [9.17, 15) is 14.9 Å². The van der Waals surface area contributed by atoms with Crippen LogP contribution in [0.3, 0.4) is 0 Å². The SMILES string of the molecule is CNc1cccc(N2CC(C(N)=O)CCC2C)c1[N+](=O)[O-]. The predicted molar refractivity (Wildman–Crippen MR) is 81.4 cm³/mol. The molecule has 2 atom stereocenters. The number of amides is 1. The Bertz CT molecular complexity index is 561. The number of carbonyl (C=O) groups excluding carboxylic acids is 1. The molecule has 3 N–H and O–H groups in total. The van der Waals surface area contributed by atoms with Gasteiger partial charge in [0.25, 0.3) is 0 Å². The summed E-state index contributed by atoms with van der Waals surface area (Å²) in [6.45, 7) is 2.43. The van der Waals surface area contributed by atoms with Crippen LogP contribution in [0.15, 0.2) is 18.2 Å². The van der Waals surface area contributed by atoms with Gasteiger partial charge < -0.3 is 16.0 Å². The first-order chi connectivity index (χ1) is 9.95. The van der Waals surface area contributed by atoms with Crippen molar-refractivity contribution in [2.24, 2.45) is 11.7 Å². The van der Waals surface area contributed by atoms with Gasteiger partial charge in [-0.05, 0) is 31.9 Å². The van der Waals surface area contributed by atoms with Gasteiger partial charge >= 0.3 is 5.69 Å². The number of para-hydroxylation sites is 1. The number of hydrogen-bond acceptors (Lipinski definition) is 5. The molecule has 0 aliphatic carbocycles. The van der Waals surface area contributed by atoms with E-state index < -0.39 is 0 Å². The summed E-state index contributed by atoms with van der Waals surface area (Å²) >= 11 is 0. The summed E-state index contributed by atoms with van der Waals surface area (Å²) in [5, 5.41) is 14.3. The lowest BCUT2D eigenvalue weighted by molar-refractivity contribution is -0.383. The molecular weight excluding hydrogens is 272 g/mol. The zero-order chi connectivity index (χ0) is 15.6. The molecule has 2 rings (SSSR count). The standard InChI is InChI=1S/C14H20N4O3/c1-9-6-7-10(14(15)19)8-17(9)12-5-3-4-11(16-2)13(12)18(20)21/h3-5,9-10,16H,6-8H2,1-2H3,(H2,15,19). The smallest absolute Gasteiger partial charge is 0.315 e. The van der Waals surface area contributed by atoms with E-state index in [2.05, 4.69) is 5.32 Å². The molecule has 114 valence electrons. The Kier molecular flexibility index (Phi) is 4.30. The van der Waals surface area contributed by atoms with Gasteiger partial charge in [0.2, 0.25) is 5.91 Å². The second kappa shape index (κ2) is 5.99. The minimum atomic E-state index is -0.387. The van der Waals surface area contributed by atoms with E-state index in [1.165, 1.54) is 0 Å². The van der Waals surface area contributed by atoms with E-state index in [1.807, 2.05) is 11.8 Å². The molecule has 1 fully saturated rings. The number of carbonyl (C=O) groups is 1. The first-order valence-electron chi connectivity index (χ1n) is 6.96. The molecule has 1 aliphatic heterocycles. The maximum absolute atomic E-state index is 11.4. The zero-order valence-corrected chi connectivity index (χ0v) is 12.2. The van der Waals surface area contributed by atoms with Crippen LogP contribution in [0.2, 0.25) is 0 Å². The summed E-state index contributed by atoms with van der Waals surface area (Å²) < 4.78 is 0. The fourth-order valence-electron chi connectivity index (χ4n) is 2.83. The molecule has 2 unspecified atom stereocenters. The lowest BCUT2D eigenvalue weighted by atomic mass is 9.92. The predicted octanol–water partition coefficient (Wildman–Crippen LogP) is 1.73. The van der Waals surface area contributed by atoms with Crippen LogP contribution in [0.1, 0.15) is 19.8 Å². The molecule has 7 heteroatoms. The summed E-state index contributed by atoms with van der Waals surface area (Å²) in [5.74, 6) is -0.613. The highest BCUT2D eigenvalue weighted by Gasteiger charge is 2.33. The Morgan fingerprint density at radius 1 is 1.48 bits per heavy atom. The molecule has 0 spiro atoms. The van der Waals surface area contributed by atoms with Gasteiger partial charge in [0, 0.05) is 19.6 Å². The highest BCUT2D eigenvalue weighted by Crippen LogP contribution is 2.38. The molecule has 1 aliphatic rings. The third kappa shape index (κ3) is 2.91. The Hall–Kier alpha value is -2.31. The van der Waals surface area contributed by atoms with Crippen molar-refractivity contribution in [3.05, 3.63) is 28.3 Å². The minimum absolute atomic E-state index is 0.0389. The third-order valence-electron chi connectivity index (χ3n) is 4.06. The van der Waals surface area contributed by atoms with Crippen LogP contribution in [0, 0.1) is 16.0 Å². The molecule has 1 amide bonds. The van der Waals surface area contributed by atoms with Crippen LogP contribution < -0.4 is 16.0 Å². The third-order valence-corrected chi connectivity index (χ3v) is 4.06. The Labute approximate surface area is 123 Å². The lowest BCUT2D eigenvalue weighted by Gasteiger charge is -2.38. The normalized spacial score (nSPS) is 21.9. The molecule has 1 saturated heterocycles. The van der Waals surface area contributed by atoms with Crippen molar-refractivity contribution in [3.63, 3.8) is 0 Å². The van der Waals surface area contributed by atoms with Crippen LogP contribution in [0.25, 0.3) is 0 Å². The van der Waals surface area contributed by atoms with Crippen LogP contribution in [-0.2, 0) is 4.79 Å². The molecule has 1 aromatic rings. The highest BCUT2D eigenvalue weighted by molar-refractivity contribution is 5.80. The second-order valence-electron chi connectivity index (χ2n) is 5.36. The van der Waals surface area contributed by atoms with E-state index in [0.717, 1.165) is 12.8 Å². The Balaban J connectivity index is 2.44. The van der Waals surface area contributed by atoms with Gasteiger partial charge in [-0.3, -0.25) is 14.9 Å². The number of nitrogens with two attached hydrogens (primary N) is 1. The van der Waals surface area contributed by atoms with Gasteiger partial charge in [-0.1, -0.05) is 6.07 Å². The van der Waals surface area contributed by atoms with E-state index in [1.54, 1.807) is 25.2 Å². The Morgan fingerprint density at radius 3 is 2.76 bits per heavy atom. The van der Waals surface area contributed by atoms with E-state index in [0.29, 0.717) is 17.9 Å². The Morgan fingerprint density at radius 2 is 2.19 bits per heavy atom. The first-order valence-corrected chi connectivity index (χ1v) is 6.96.